The third kappa shape index (κ3) is 5.02. The highest BCUT2D eigenvalue weighted by Gasteiger charge is 2.16. The van der Waals surface area contributed by atoms with Gasteiger partial charge in [0, 0.05) is 36.7 Å². The van der Waals surface area contributed by atoms with Crippen LogP contribution in [0.5, 0.6) is 0 Å². The molecule has 4 N–H and O–H groups in total. The molecule has 0 radical (unpaired) electrons. The SMILES string of the molecule is O=C(NCc1ccc(Cl)cc1)c1c[nH]c2oc(CNCC(O)c3cnccn3)cc2c1=O. The van der Waals surface area contributed by atoms with Gasteiger partial charge in [-0.15, -0.1) is 0 Å². The molecule has 3 aromatic heterocycles. The fourth-order valence-corrected chi connectivity index (χ4v) is 3.25. The number of carbonyl (C=O) groups is 1. The lowest BCUT2D eigenvalue weighted by Crippen LogP contribution is -2.28. The molecule has 0 aliphatic heterocycles. The average Bonchev–Trinajstić information content (AvgIpc) is 3.23. The van der Waals surface area contributed by atoms with Gasteiger partial charge in [-0.3, -0.25) is 19.6 Å². The molecule has 1 atom stereocenters. The van der Waals surface area contributed by atoms with Gasteiger partial charge in [-0.25, -0.2) is 0 Å². The molecule has 32 heavy (non-hydrogen) atoms. The molecule has 0 bridgehead atoms. The number of pyridine rings is 1. The Morgan fingerprint density at radius 3 is 2.78 bits per heavy atom. The standard InChI is InChI=1S/C22H20ClN5O4/c23-14-3-1-13(2-4-14)8-27-21(31)17-10-28-22-16(20(17)30)7-15(32-22)9-25-12-19(29)18-11-24-5-6-26-18/h1-7,10-11,19,25,29H,8-9,12H2,(H,27,31)(H,28,30). The number of aliphatic hydroxyl groups excluding tert-OH is 1. The zero-order valence-electron chi connectivity index (χ0n) is 16.8. The first-order valence-corrected chi connectivity index (χ1v) is 10.2. The Morgan fingerprint density at radius 2 is 2.03 bits per heavy atom. The molecule has 3 heterocycles. The molecule has 0 aliphatic rings. The lowest BCUT2D eigenvalue weighted by atomic mass is 10.2. The molecule has 0 aliphatic carbocycles. The first kappa shape index (κ1) is 21.7. The van der Waals surface area contributed by atoms with Gasteiger partial charge in [0.25, 0.3) is 5.91 Å². The van der Waals surface area contributed by atoms with Crippen LogP contribution in [0.3, 0.4) is 0 Å². The highest BCUT2D eigenvalue weighted by atomic mass is 35.5. The van der Waals surface area contributed by atoms with Crippen molar-refractivity contribution in [2.45, 2.75) is 19.2 Å². The number of hydrogen-bond donors (Lipinski definition) is 4. The molecule has 164 valence electrons. The number of benzene rings is 1. The van der Waals surface area contributed by atoms with E-state index in [4.69, 9.17) is 16.0 Å². The summed E-state index contributed by atoms with van der Waals surface area (Å²) in [5.74, 6) is -0.00511. The fraction of sp³-hybridized carbons (Fsp3) is 0.182. The van der Waals surface area contributed by atoms with Gasteiger partial charge in [-0.2, -0.15) is 0 Å². The van der Waals surface area contributed by atoms with E-state index < -0.39 is 17.4 Å². The van der Waals surface area contributed by atoms with Crippen molar-refractivity contribution in [3.05, 3.63) is 92.9 Å². The molecule has 9 nitrogen and oxygen atoms in total. The van der Waals surface area contributed by atoms with Crippen LogP contribution in [-0.4, -0.2) is 32.5 Å². The number of carbonyl (C=O) groups excluding carboxylic acids is 1. The number of aromatic nitrogens is 3. The van der Waals surface area contributed by atoms with E-state index in [-0.39, 0.29) is 36.3 Å². The summed E-state index contributed by atoms with van der Waals surface area (Å²) in [6.45, 7) is 0.765. The number of nitrogens with zero attached hydrogens (tertiary/aromatic N) is 2. The van der Waals surface area contributed by atoms with Crippen LogP contribution in [0, 0.1) is 0 Å². The summed E-state index contributed by atoms with van der Waals surface area (Å²) in [6, 6.07) is 8.63. The second kappa shape index (κ2) is 9.73. The smallest absolute Gasteiger partial charge is 0.257 e. The Kier molecular flexibility index (Phi) is 6.60. The minimum Gasteiger partial charge on any atom is -0.443 e. The van der Waals surface area contributed by atoms with Gasteiger partial charge in [0.2, 0.25) is 11.1 Å². The number of rotatable bonds is 8. The van der Waals surface area contributed by atoms with Crippen LogP contribution in [0.1, 0.15) is 33.5 Å². The van der Waals surface area contributed by atoms with Gasteiger partial charge in [0.15, 0.2) is 0 Å². The monoisotopic (exact) mass is 453 g/mol. The lowest BCUT2D eigenvalue weighted by Gasteiger charge is -2.09. The number of aromatic amines is 1. The van der Waals surface area contributed by atoms with E-state index in [9.17, 15) is 14.7 Å². The van der Waals surface area contributed by atoms with E-state index >= 15 is 0 Å². The summed E-state index contributed by atoms with van der Waals surface area (Å²) in [5.41, 5.74) is 1.15. The van der Waals surface area contributed by atoms with Crippen LogP contribution < -0.4 is 16.1 Å². The molecule has 1 unspecified atom stereocenters. The molecule has 0 fully saturated rings. The van der Waals surface area contributed by atoms with Crippen molar-refractivity contribution in [3.8, 4) is 0 Å². The largest absolute Gasteiger partial charge is 0.443 e. The van der Waals surface area contributed by atoms with Crippen molar-refractivity contribution in [3.63, 3.8) is 0 Å². The number of fused-ring (bicyclic) bond motifs is 1. The van der Waals surface area contributed by atoms with Crippen molar-refractivity contribution in [1.29, 1.82) is 0 Å². The van der Waals surface area contributed by atoms with Crippen LogP contribution in [-0.2, 0) is 13.1 Å². The number of nitrogens with one attached hydrogen (secondary N) is 3. The number of aliphatic hydroxyl groups is 1. The van der Waals surface area contributed by atoms with Gasteiger partial charge in [0.05, 0.1) is 23.8 Å². The van der Waals surface area contributed by atoms with Crippen molar-refractivity contribution in [2.75, 3.05) is 6.54 Å². The van der Waals surface area contributed by atoms with Crippen LogP contribution in [0.25, 0.3) is 11.1 Å². The van der Waals surface area contributed by atoms with Gasteiger partial charge < -0.3 is 25.1 Å². The number of hydrogen-bond acceptors (Lipinski definition) is 7. The van der Waals surface area contributed by atoms with Gasteiger partial charge in [-0.05, 0) is 23.8 Å². The zero-order chi connectivity index (χ0) is 22.5. The van der Waals surface area contributed by atoms with E-state index in [0.29, 0.717) is 16.5 Å². The predicted molar refractivity (Wildman–Crippen MR) is 118 cm³/mol. The first-order valence-electron chi connectivity index (χ1n) is 9.82. The summed E-state index contributed by atoms with van der Waals surface area (Å²) in [5, 5.41) is 16.8. The Labute approximate surface area is 187 Å². The maximum absolute atomic E-state index is 12.8. The van der Waals surface area contributed by atoms with Crippen molar-refractivity contribution in [1.82, 2.24) is 25.6 Å². The van der Waals surface area contributed by atoms with Crippen molar-refractivity contribution >= 4 is 28.6 Å². The highest BCUT2D eigenvalue weighted by molar-refractivity contribution is 6.30. The van der Waals surface area contributed by atoms with Crippen LogP contribution in [0.15, 0.2) is 64.3 Å². The topological polar surface area (TPSA) is 133 Å². The summed E-state index contributed by atoms with van der Waals surface area (Å²) in [4.78, 5) is 36.1. The number of H-pyrrole nitrogens is 1. The van der Waals surface area contributed by atoms with Crippen LogP contribution in [0.4, 0.5) is 0 Å². The van der Waals surface area contributed by atoms with E-state index in [0.717, 1.165) is 5.56 Å². The summed E-state index contributed by atoms with van der Waals surface area (Å²) in [7, 11) is 0. The second-order valence-corrected chi connectivity index (χ2v) is 7.51. The van der Waals surface area contributed by atoms with E-state index in [2.05, 4.69) is 25.6 Å². The van der Waals surface area contributed by atoms with E-state index in [1.165, 1.54) is 24.8 Å². The molecular weight excluding hydrogens is 434 g/mol. The molecule has 4 rings (SSSR count). The third-order valence-electron chi connectivity index (χ3n) is 4.79. The number of halogens is 1. The quantitative estimate of drug-likeness (QED) is 0.321. The summed E-state index contributed by atoms with van der Waals surface area (Å²) in [6.07, 6.45) is 5.03. The minimum absolute atomic E-state index is 0.00940. The molecule has 0 spiro atoms. The molecule has 10 heteroatoms. The first-order chi connectivity index (χ1) is 15.5. The number of amides is 1. The predicted octanol–water partition coefficient (Wildman–Crippen LogP) is 2.32. The Morgan fingerprint density at radius 1 is 1.22 bits per heavy atom. The molecule has 0 saturated heterocycles. The maximum atomic E-state index is 12.8. The second-order valence-electron chi connectivity index (χ2n) is 7.07. The van der Waals surface area contributed by atoms with Crippen LogP contribution >= 0.6 is 11.6 Å². The van der Waals surface area contributed by atoms with Crippen LogP contribution in [0.2, 0.25) is 5.02 Å². The summed E-state index contributed by atoms with van der Waals surface area (Å²) >= 11 is 5.86. The minimum atomic E-state index is -0.828. The molecule has 1 aromatic carbocycles. The fourth-order valence-electron chi connectivity index (χ4n) is 3.12. The third-order valence-corrected chi connectivity index (χ3v) is 5.04. The van der Waals surface area contributed by atoms with Crippen molar-refractivity contribution in [2.24, 2.45) is 0 Å². The van der Waals surface area contributed by atoms with Gasteiger partial charge in [-0.1, -0.05) is 23.7 Å². The summed E-state index contributed by atoms with van der Waals surface area (Å²) < 4.78 is 5.64. The average molecular weight is 454 g/mol. The molecule has 4 aromatic rings. The maximum Gasteiger partial charge on any atom is 0.257 e. The van der Waals surface area contributed by atoms with Gasteiger partial charge in [0.1, 0.15) is 17.4 Å². The lowest BCUT2D eigenvalue weighted by molar-refractivity contribution is 0.0949. The van der Waals surface area contributed by atoms with Crippen molar-refractivity contribution < 1.29 is 14.3 Å². The van der Waals surface area contributed by atoms with E-state index in [1.807, 2.05) is 0 Å². The zero-order valence-corrected chi connectivity index (χ0v) is 17.6. The Bertz CT molecular complexity index is 1270. The normalized spacial score (nSPS) is 12.1. The Balaban J connectivity index is 1.40. The van der Waals surface area contributed by atoms with E-state index in [1.54, 1.807) is 30.3 Å². The molecular formula is C22H20ClN5O4. The molecule has 1 amide bonds. The van der Waals surface area contributed by atoms with Gasteiger partial charge >= 0.3 is 0 Å². The molecule has 0 saturated carbocycles. The number of furan rings is 1. The highest BCUT2D eigenvalue weighted by Crippen LogP contribution is 2.15. The Hall–Kier alpha value is -3.53.